The van der Waals surface area contributed by atoms with Crippen molar-refractivity contribution in [2.75, 3.05) is 6.54 Å². The Hall–Kier alpha value is -2.53. The minimum atomic E-state index is -0.808. The van der Waals surface area contributed by atoms with Crippen LogP contribution < -0.4 is 0 Å². The van der Waals surface area contributed by atoms with E-state index in [2.05, 4.69) is 27.0 Å². The Balaban J connectivity index is 1.62. The van der Waals surface area contributed by atoms with Crippen molar-refractivity contribution in [3.8, 4) is 0 Å². The summed E-state index contributed by atoms with van der Waals surface area (Å²) >= 11 is 0. The van der Waals surface area contributed by atoms with Crippen LogP contribution in [0.2, 0.25) is 0 Å². The van der Waals surface area contributed by atoms with Gasteiger partial charge in [-0.3, -0.25) is 4.90 Å². The number of nitrogens with one attached hydrogen (secondary N) is 1. The minimum Gasteiger partial charge on any atom is -0.348 e. The zero-order valence-electron chi connectivity index (χ0n) is 13.8. The predicted octanol–water partition coefficient (Wildman–Crippen LogP) is 4.03. The fourth-order valence-electron chi connectivity index (χ4n) is 3.53. The molecule has 0 bridgehead atoms. The van der Waals surface area contributed by atoms with E-state index >= 15 is 0 Å². The van der Waals surface area contributed by atoms with Crippen LogP contribution in [0.25, 0.3) is 0 Å². The van der Waals surface area contributed by atoms with Crippen molar-refractivity contribution < 1.29 is 8.78 Å². The molecule has 25 heavy (non-hydrogen) atoms. The minimum absolute atomic E-state index is 0.116. The third-order valence-electron chi connectivity index (χ3n) is 4.80. The zero-order valence-corrected chi connectivity index (χ0v) is 13.8. The van der Waals surface area contributed by atoms with Crippen molar-refractivity contribution in [3.63, 3.8) is 0 Å². The molecule has 1 aliphatic rings. The van der Waals surface area contributed by atoms with Gasteiger partial charge in [0.25, 0.3) is 0 Å². The van der Waals surface area contributed by atoms with Gasteiger partial charge in [-0.25, -0.2) is 13.8 Å². The summed E-state index contributed by atoms with van der Waals surface area (Å²) in [5.41, 5.74) is 4.23. The molecule has 0 radical (unpaired) electrons. The summed E-state index contributed by atoms with van der Waals surface area (Å²) in [6, 6.07) is 14.5. The Bertz CT molecular complexity index is 860. The van der Waals surface area contributed by atoms with Crippen molar-refractivity contribution in [1.82, 2.24) is 14.9 Å². The van der Waals surface area contributed by atoms with Gasteiger partial charge in [0.2, 0.25) is 0 Å². The Labute approximate surface area is 145 Å². The van der Waals surface area contributed by atoms with Gasteiger partial charge in [0, 0.05) is 25.2 Å². The van der Waals surface area contributed by atoms with Gasteiger partial charge in [0.05, 0.1) is 18.1 Å². The molecule has 3 aromatic rings. The summed E-state index contributed by atoms with van der Waals surface area (Å²) in [5, 5.41) is 0. The van der Waals surface area contributed by atoms with E-state index in [4.69, 9.17) is 0 Å². The van der Waals surface area contributed by atoms with Crippen molar-refractivity contribution in [2.24, 2.45) is 0 Å². The molecule has 0 aliphatic carbocycles. The first-order chi connectivity index (χ1) is 12.2. The van der Waals surface area contributed by atoms with E-state index < -0.39 is 11.6 Å². The van der Waals surface area contributed by atoms with E-state index in [9.17, 15) is 8.78 Å². The van der Waals surface area contributed by atoms with Crippen LogP contribution in [0.3, 0.4) is 0 Å². The number of benzene rings is 2. The highest BCUT2D eigenvalue weighted by Gasteiger charge is 2.29. The molecule has 128 valence electrons. The summed E-state index contributed by atoms with van der Waals surface area (Å²) in [6.45, 7) is 1.42. The zero-order chi connectivity index (χ0) is 17.2. The average Bonchev–Trinajstić information content (AvgIpc) is 3.10. The van der Waals surface area contributed by atoms with E-state index in [0.29, 0.717) is 6.54 Å². The molecule has 1 aromatic heterocycles. The Kier molecular flexibility index (Phi) is 4.32. The van der Waals surface area contributed by atoms with E-state index in [1.54, 1.807) is 12.4 Å². The van der Waals surface area contributed by atoms with Crippen molar-refractivity contribution in [1.29, 1.82) is 0 Å². The van der Waals surface area contributed by atoms with Gasteiger partial charge in [0.1, 0.15) is 0 Å². The van der Waals surface area contributed by atoms with Gasteiger partial charge in [-0.15, -0.1) is 0 Å². The number of fused-ring (bicyclic) bond motifs is 1. The Morgan fingerprint density at radius 3 is 2.68 bits per heavy atom. The molecule has 2 aromatic carbocycles. The molecule has 3 nitrogen and oxygen atoms in total. The van der Waals surface area contributed by atoms with Gasteiger partial charge in [-0.1, -0.05) is 36.4 Å². The van der Waals surface area contributed by atoms with Crippen LogP contribution in [0.15, 0.2) is 54.9 Å². The number of nitrogens with zero attached hydrogens (tertiary/aromatic N) is 2. The van der Waals surface area contributed by atoms with E-state index in [1.807, 2.05) is 18.2 Å². The molecular weight excluding hydrogens is 320 g/mol. The van der Waals surface area contributed by atoms with Gasteiger partial charge in [-0.05, 0) is 29.7 Å². The highest BCUT2D eigenvalue weighted by atomic mass is 19.2. The molecule has 0 spiro atoms. The molecule has 0 amide bonds. The highest BCUT2D eigenvalue weighted by Crippen LogP contribution is 2.31. The lowest BCUT2D eigenvalue weighted by molar-refractivity contribution is 0.170. The number of halogens is 2. The molecule has 2 heterocycles. The number of aromatic amines is 1. The van der Waals surface area contributed by atoms with Crippen molar-refractivity contribution >= 4 is 0 Å². The van der Waals surface area contributed by atoms with Crippen LogP contribution in [0, 0.1) is 11.6 Å². The van der Waals surface area contributed by atoms with Gasteiger partial charge >= 0.3 is 0 Å². The second kappa shape index (κ2) is 6.76. The third kappa shape index (κ3) is 3.33. The first-order valence-corrected chi connectivity index (χ1v) is 8.45. The van der Waals surface area contributed by atoms with Crippen LogP contribution >= 0.6 is 0 Å². The van der Waals surface area contributed by atoms with Gasteiger partial charge in [0.15, 0.2) is 11.6 Å². The smallest absolute Gasteiger partial charge is 0.159 e. The normalized spacial score (nSPS) is 17.4. The molecule has 0 saturated heterocycles. The number of aromatic nitrogens is 2. The van der Waals surface area contributed by atoms with Crippen molar-refractivity contribution in [2.45, 2.75) is 25.4 Å². The standard InChI is InChI=1S/C20H19F2N3/c21-16-7-6-15(10-17(16)22)12-25-9-8-18-20(24-13-23-18)19(25)11-14-4-2-1-3-5-14/h1-7,10,13,19H,8-9,11-12H2,(H,23,24). The first-order valence-electron chi connectivity index (χ1n) is 8.45. The Morgan fingerprint density at radius 2 is 1.88 bits per heavy atom. The van der Waals surface area contributed by atoms with E-state index in [-0.39, 0.29) is 6.04 Å². The molecule has 1 aliphatic heterocycles. The third-order valence-corrected chi connectivity index (χ3v) is 4.80. The average molecular weight is 339 g/mol. The maximum Gasteiger partial charge on any atom is 0.159 e. The summed E-state index contributed by atoms with van der Waals surface area (Å²) in [4.78, 5) is 10.0. The second-order valence-corrected chi connectivity index (χ2v) is 6.44. The summed E-state index contributed by atoms with van der Waals surface area (Å²) in [6.07, 6.45) is 3.45. The Morgan fingerprint density at radius 1 is 1.04 bits per heavy atom. The largest absolute Gasteiger partial charge is 0.348 e. The fourth-order valence-corrected chi connectivity index (χ4v) is 3.53. The van der Waals surface area contributed by atoms with Crippen LogP contribution in [0.5, 0.6) is 0 Å². The SMILES string of the molecule is Fc1ccc(CN2CCc3[nH]cnc3C2Cc2ccccc2)cc1F. The predicted molar refractivity (Wildman–Crippen MR) is 91.9 cm³/mol. The molecule has 1 unspecified atom stereocenters. The van der Waals surface area contributed by atoms with Crippen LogP contribution in [-0.2, 0) is 19.4 Å². The monoisotopic (exact) mass is 339 g/mol. The molecule has 0 saturated carbocycles. The molecule has 1 N–H and O–H groups in total. The molecule has 0 fully saturated rings. The van der Waals surface area contributed by atoms with Crippen molar-refractivity contribution in [3.05, 3.63) is 89.0 Å². The highest BCUT2D eigenvalue weighted by molar-refractivity contribution is 5.26. The van der Waals surface area contributed by atoms with Crippen LogP contribution in [0.4, 0.5) is 8.78 Å². The maximum absolute atomic E-state index is 13.6. The molecule has 4 rings (SSSR count). The lowest BCUT2D eigenvalue weighted by Gasteiger charge is -2.35. The van der Waals surface area contributed by atoms with Crippen LogP contribution in [0.1, 0.15) is 28.6 Å². The van der Waals surface area contributed by atoms with Gasteiger partial charge < -0.3 is 4.98 Å². The summed E-state index contributed by atoms with van der Waals surface area (Å²) < 4.78 is 26.8. The van der Waals surface area contributed by atoms with E-state index in [0.717, 1.165) is 30.6 Å². The number of H-pyrrole nitrogens is 1. The molecule has 1 atom stereocenters. The number of hydrogen-bond donors (Lipinski definition) is 1. The number of rotatable bonds is 4. The fraction of sp³-hybridized carbons (Fsp3) is 0.250. The summed E-state index contributed by atoms with van der Waals surface area (Å²) in [5.74, 6) is -1.60. The summed E-state index contributed by atoms with van der Waals surface area (Å²) in [7, 11) is 0. The first kappa shape index (κ1) is 16.0. The number of imidazole rings is 1. The maximum atomic E-state index is 13.6. The lowest BCUT2D eigenvalue weighted by Crippen LogP contribution is -2.36. The molecule has 5 heteroatoms. The number of hydrogen-bond acceptors (Lipinski definition) is 2. The quantitative estimate of drug-likeness (QED) is 0.778. The lowest BCUT2D eigenvalue weighted by atomic mass is 9.95. The van der Waals surface area contributed by atoms with Gasteiger partial charge in [-0.2, -0.15) is 0 Å². The second-order valence-electron chi connectivity index (χ2n) is 6.44. The van der Waals surface area contributed by atoms with Crippen LogP contribution in [-0.4, -0.2) is 21.4 Å². The molecular formula is C20H19F2N3. The van der Waals surface area contributed by atoms with E-state index in [1.165, 1.54) is 23.4 Å². The topological polar surface area (TPSA) is 31.9 Å².